The third kappa shape index (κ3) is 8.43. The van der Waals surface area contributed by atoms with Crippen molar-refractivity contribution in [3.63, 3.8) is 0 Å². The number of guanidine groups is 1. The maximum absolute atomic E-state index is 13.2. The summed E-state index contributed by atoms with van der Waals surface area (Å²) in [6.45, 7) is 0.581. The lowest BCUT2D eigenvalue weighted by molar-refractivity contribution is -0.149. The normalized spacial score (nSPS) is 17.8. The molecule has 14 nitrogen and oxygen atoms in total. The van der Waals surface area contributed by atoms with Gasteiger partial charge in [-0.3, -0.25) is 19.4 Å². The molecule has 1 aliphatic heterocycles. The van der Waals surface area contributed by atoms with Crippen LogP contribution in [-0.4, -0.2) is 92.6 Å². The van der Waals surface area contributed by atoms with Crippen molar-refractivity contribution in [2.45, 2.75) is 56.3 Å². The largest absolute Gasteiger partial charge is 0.480 e. The van der Waals surface area contributed by atoms with Crippen molar-refractivity contribution < 1.29 is 24.3 Å². The molecule has 10 N–H and O–H groups in total. The van der Waals surface area contributed by atoms with Gasteiger partial charge in [0.1, 0.15) is 18.1 Å². The number of likely N-dealkylation sites (tertiary alicyclic amines) is 1. The van der Waals surface area contributed by atoms with Crippen LogP contribution in [0.3, 0.4) is 0 Å². The Bertz CT molecular complexity index is 907. The van der Waals surface area contributed by atoms with E-state index in [2.05, 4.69) is 38.2 Å². The second kappa shape index (κ2) is 13.5. The summed E-state index contributed by atoms with van der Waals surface area (Å²) >= 11 is 4.15. The van der Waals surface area contributed by atoms with Gasteiger partial charge in [-0.1, -0.05) is 0 Å². The van der Waals surface area contributed by atoms with Gasteiger partial charge >= 0.3 is 5.97 Å². The molecule has 0 aromatic carbocycles. The van der Waals surface area contributed by atoms with Crippen LogP contribution in [0.4, 0.5) is 0 Å². The predicted octanol–water partition coefficient (Wildman–Crippen LogP) is -2.69. The third-order valence-electron chi connectivity index (χ3n) is 5.53. The summed E-state index contributed by atoms with van der Waals surface area (Å²) in [7, 11) is 0. The van der Waals surface area contributed by atoms with Crippen molar-refractivity contribution >= 4 is 42.3 Å². The lowest BCUT2D eigenvalue weighted by Crippen LogP contribution is -2.58. The number of aromatic amines is 1. The third-order valence-corrected chi connectivity index (χ3v) is 5.90. The van der Waals surface area contributed by atoms with Crippen LogP contribution in [0.2, 0.25) is 0 Å². The standard InChI is InChI=1S/C20H33N9O5S/c21-12(3-1-5-25-20(22)23)16(30)28-14(9-35)17(31)27-13(7-11-8-24-10-26-11)18(32)29-6-2-4-15(29)19(33)34/h8,10,12-15,35H,1-7,9,21H2,(H,24,26)(H,27,31)(H,28,30)(H,33,34)(H4,22,23,25). The van der Waals surface area contributed by atoms with Crippen LogP contribution < -0.4 is 27.8 Å². The Kier molecular flexibility index (Phi) is 10.8. The summed E-state index contributed by atoms with van der Waals surface area (Å²) < 4.78 is 0. The van der Waals surface area contributed by atoms with E-state index < -0.39 is 47.9 Å². The number of carbonyl (C=O) groups is 4. The SMILES string of the molecule is NC(N)=NCCCC(N)C(=O)NC(CS)C(=O)NC(Cc1cnc[nH]1)C(=O)N1CCCC1C(=O)O. The molecular formula is C20H33N9O5S. The van der Waals surface area contributed by atoms with Gasteiger partial charge in [0.15, 0.2) is 5.96 Å². The maximum Gasteiger partial charge on any atom is 0.326 e. The Labute approximate surface area is 207 Å². The summed E-state index contributed by atoms with van der Waals surface area (Å²) in [5.74, 6) is -2.95. The Morgan fingerprint density at radius 3 is 2.57 bits per heavy atom. The zero-order valence-corrected chi connectivity index (χ0v) is 20.1. The number of hydrogen-bond acceptors (Lipinski definition) is 8. The Hall–Kier alpha value is -3.33. The highest BCUT2D eigenvalue weighted by molar-refractivity contribution is 7.80. The Balaban J connectivity index is 2.04. The molecule has 0 saturated carbocycles. The molecular weight excluding hydrogens is 478 g/mol. The van der Waals surface area contributed by atoms with Gasteiger partial charge in [-0.25, -0.2) is 9.78 Å². The van der Waals surface area contributed by atoms with Crippen molar-refractivity contribution in [1.82, 2.24) is 25.5 Å². The van der Waals surface area contributed by atoms with E-state index >= 15 is 0 Å². The lowest BCUT2D eigenvalue weighted by Gasteiger charge is -2.28. The Morgan fingerprint density at radius 1 is 1.26 bits per heavy atom. The van der Waals surface area contributed by atoms with Crippen molar-refractivity contribution in [1.29, 1.82) is 0 Å². The van der Waals surface area contributed by atoms with Gasteiger partial charge in [0.05, 0.1) is 12.4 Å². The summed E-state index contributed by atoms with van der Waals surface area (Å²) in [4.78, 5) is 62.1. The first-order chi connectivity index (χ1) is 16.6. The molecule has 1 aromatic heterocycles. The molecule has 0 radical (unpaired) electrons. The first-order valence-corrected chi connectivity index (χ1v) is 11.8. The van der Waals surface area contributed by atoms with Crippen LogP contribution in [0, 0.1) is 0 Å². The Morgan fingerprint density at radius 2 is 1.97 bits per heavy atom. The number of imidazole rings is 1. The monoisotopic (exact) mass is 511 g/mol. The number of carboxylic acid groups (broad SMARTS) is 1. The average molecular weight is 512 g/mol. The lowest BCUT2D eigenvalue weighted by atomic mass is 10.1. The van der Waals surface area contributed by atoms with Crippen LogP contribution in [0.5, 0.6) is 0 Å². The molecule has 1 saturated heterocycles. The van der Waals surface area contributed by atoms with Crippen LogP contribution in [0.1, 0.15) is 31.4 Å². The van der Waals surface area contributed by atoms with Gasteiger partial charge in [0.25, 0.3) is 0 Å². The highest BCUT2D eigenvalue weighted by atomic mass is 32.1. The molecule has 4 atom stereocenters. The fraction of sp³-hybridized carbons (Fsp3) is 0.600. The number of hydrogen-bond donors (Lipinski definition) is 8. The van der Waals surface area contributed by atoms with Gasteiger partial charge in [-0.2, -0.15) is 12.6 Å². The molecule has 0 spiro atoms. The summed E-state index contributed by atoms with van der Waals surface area (Å²) in [6, 6.07) is -4.00. The van der Waals surface area contributed by atoms with E-state index in [-0.39, 0.29) is 31.1 Å². The van der Waals surface area contributed by atoms with E-state index in [1.165, 1.54) is 17.4 Å². The number of thiol groups is 1. The maximum atomic E-state index is 13.2. The number of carbonyl (C=O) groups excluding carboxylic acids is 3. The van der Waals surface area contributed by atoms with Gasteiger partial charge in [-0.15, -0.1) is 0 Å². The second-order valence-corrected chi connectivity index (χ2v) is 8.53. The first-order valence-electron chi connectivity index (χ1n) is 11.2. The van der Waals surface area contributed by atoms with E-state index in [1.807, 2.05) is 0 Å². The molecule has 2 heterocycles. The summed E-state index contributed by atoms with van der Waals surface area (Å²) in [5, 5.41) is 14.6. The van der Waals surface area contributed by atoms with Crippen molar-refractivity contribution in [3.8, 4) is 0 Å². The number of H-pyrrole nitrogens is 1. The van der Waals surface area contributed by atoms with Crippen LogP contribution >= 0.6 is 12.6 Å². The fourth-order valence-corrected chi connectivity index (χ4v) is 3.96. The van der Waals surface area contributed by atoms with E-state index in [9.17, 15) is 24.3 Å². The van der Waals surface area contributed by atoms with Crippen molar-refractivity contribution in [3.05, 3.63) is 18.2 Å². The number of carboxylic acids is 1. The molecule has 3 amide bonds. The molecule has 35 heavy (non-hydrogen) atoms. The molecule has 194 valence electrons. The highest BCUT2D eigenvalue weighted by Gasteiger charge is 2.38. The number of nitrogens with two attached hydrogens (primary N) is 3. The fourth-order valence-electron chi connectivity index (χ4n) is 3.70. The van der Waals surface area contributed by atoms with Gasteiger partial charge < -0.3 is 42.8 Å². The molecule has 1 aromatic rings. The molecule has 1 aliphatic rings. The second-order valence-electron chi connectivity index (χ2n) is 8.17. The first kappa shape index (κ1) is 27.9. The smallest absolute Gasteiger partial charge is 0.326 e. The zero-order valence-electron chi connectivity index (χ0n) is 19.2. The minimum atomic E-state index is -1.10. The predicted molar refractivity (Wildman–Crippen MR) is 130 cm³/mol. The number of aliphatic imine (C=N–C) groups is 1. The van der Waals surface area contributed by atoms with Crippen LogP contribution in [0.25, 0.3) is 0 Å². The minimum absolute atomic E-state index is 0.0509. The van der Waals surface area contributed by atoms with E-state index in [1.54, 1.807) is 0 Å². The molecule has 2 rings (SSSR count). The quantitative estimate of drug-likeness (QED) is 0.0594. The topological polar surface area (TPSA) is 235 Å². The van der Waals surface area contributed by atoms with Gasteiger partial charge in [0, 0.05) is 37.2 Å². The number of nitrogens with zero attached hydrogens (tertiary/aromatic N) is 3. The van der Waals surface area contributed by atoms with Crippen LogP contribution in [-0.2, 0) is 25.6 Å². The van der Waals surface area contributed by atoms with E-state index in [0.717, 1.165) is 0 Å². The molecule has 4 unspecified atom stereocenters. The number of aliphatic carboxylic acids is 1. The van der Waals surface area contributed by atoms with Gasteiger partial charge in [0.2, 0.25) is 17.7 Å². The molecule has 1 fully saturated rings. The zero-order chi connectivity index (χ0) is 26.0. The molecule has 15 heteroatoms. The van der Waals surface area contributed by atoms with Gasteiger partial charge in [-0.05, 0) is 25.7 Å². The summed E-state index contributed by atoms with van der Waals surface area (Å²) in [5.41, 5.74) is 17.0. The molecule has 0 aliphatic carbocycles. The number of rotatable bonds is 13. The van der Waals surface area contributed by atoms with Crippen LogP contribution in [0.15, 0.2) is 17.5 Å². The van der Waals surface area contributed by atoms with E-state index in [0.29, 0.717) is 31.5 Å². The molecule has 0 bridgehead atoms. The number of amides is 3. The highest BCUT2D eigenvalue weighted by Crippen LogP contribution is 2.19. The summed E-state index contributed by atoms with van der Waals surface area (Å²) in [6.07, 6.45) is 4.63. The average Bonchev–Trinajstić information content (AvgIpc) is 3.51. The van der Waals surface area contributed by atoms with Crippen molar-refractivity contribution in [2.24, 2.45) is 22.2 Å². The van der Waals surface area contributed by atoms with E-state index in [4.69, 9.17) is 17.2 Å². The minimum Gasteiger partial charge on any atom is -0.480 e. The van der Waals surface area contributed by atoms with Crippen molar-refractivity contribution in [2.75, 3.05) is 18.8 Å². The number of nitrogens with one attached hydrogen (secondary N) is 3. The number of aromatic nitrogens is 2.